The second-order valence-corrected chi connectivity index (χ2v) is 8.81. The third kappa shape index (κ3) is 3.83. The molecule has 1 saturated carbocycles. The Morgan fingerprint density at radius 3 is 2.59 bits per heavy atom. The maximum atomic E-state index is 14.0. The smallest absolute Gasteiger partial charge is 0.254 e. The van der Waals surface area contributed by atoms with Gasteiger partial charge >= 0.3 is 0 Å². The number of ether oxygens (including phenoxy) is 1. The SMILES string of the molecule is COc1ccc(CN2CCN(C(=O)c3cc(C4CC4)nc4c3c(C)nn4C)CC2)cc1F. The highest BCUT2D eigenvalue weighted by Crippen LogP contribution is 2.40. The fourth-order valence-electron chi connectivity index (χ4n) is 4.57. The van der Waals surface area contributed by atoms with Crippen molar-refractivity contribution in [1.29, 1.82) is 0 Å². The van der Waals surface area contributed by atoms with Gasteiger partial charge in [-0.3, -0.25) is 14.4 Å². The molecule has 2 fully saturated rings. The van der Waals surface area contributed by atoms with E-state index in [0.717, 1.165) is 53.9 Å². The van der Waals surface area contributed by atoms with Crippen LogP contribution in [0.1, 0.15) is 46.1 Å². The van der Waals surface area contributed by atoms with E-state index in [-0.39, 0.29) is 17.5 Å². The third-order valence-electron chi connectivity index (χ3n) is 6.50. The number of methoxy groups -OCH3 is 1. The van der Waals surface area contributed by atoms with Crippen molar-refractivity contribution in [3.63, 3.8) is 0 Å². The Balaban J connectivity index is 1.31. The van der Waals surface area contributed by atoms with Gasteiger partial charge in [0.2, 0.25) is 0 Å². The predicted molar refractivity (Wildman–Crippen MR) is 119 cm³/mol. The first-order chi connectivity index (χ1) is 15.4. The average molecular weight is 438 g/mol. The Kier molecular flexibility index (Phi) is 5.33. The van der Waals surface area contributed by atoms with Gasteiger partial charge in [0, 0.05) is 51.4 Å². The predicted octanol–water partition coefficient (Wildman–Crippen LogP) is 3.26. The number of carbonyl (C=O) groups is 1. The number of rotatable bonds is 5. The summed E-state index contributed by atoms with van der Waals surface area (Å²) in [6, 6.07) is 7.06. The molecule has 0 spiro atoms. The van der Waals surface area contributed by atoms with Crippen molar-refractivity contribution in [2.24, 2.45) is 7.05 Å². The van der Waals surface area contributed by atoms with E-state index in [2.05, 4.69) is 10.00 Å². The second-order valence-electron chi connectivity index (χ2n) is 8.81. The first kappa shape index (κ1) is 20.9. The van der Waals surface area contributed by atoms with Gasteiger partial charge < -0.3 is 9.64 Å². The molecule has 32 heavy (non-hydrogen) atoms. The largest absolute Gasteiger partial charge is 0.494 e. The molecular formula is C24H28FN5O2. The Labute approximate surface area is 186 Å². The van der Waals surface area contributed by atoms with Crippen LogP contribution in [0, 0.1) is 12.7 Å². The summed E-state index contributed by atoms with van der Waals surface area (Å²) >= 11 is 0. The summed E-state index contributed by atoms with van der Waals surface area (Å²) < 4.78 is 20.8. The van der Waals surface area contributed by atoms with Crippen LogP contribution in [0.2, 0.25) is 0 Å². The summed E-state index contributed by atoms with van der Waals surface area (Å²) in [5.41, 5.74) is 4.24. The zero-order valence-corrected chi connectivity index (χ0v) is 18.8. The summed E-state index contributed by atoms with van der Waals surface area (Å²) in [4.78, 5) is 22.5. The van der Waals surface area contributed by atoms with Gasteiger partial charge in [0.25, 0.3) is 5.91 Å². The highest BCUT2D eigenvalue weighted by molar-refractivity contribution is 6.06. The number of piperazine rings is 1. The molecule has 3 aromatic rings. The lowest BCUT2D eigenvalue weighted by Gasteiger charge is -2.35. The monoisotopic (exact) mass is 437 g/mol. The summed E-state index contributed by atoms with van der Waals surface area (Å²) in [7, 11) is 3.35. The first-order valence-corrected chi connectivity index (χ1v) is 11.1. The van der Waals surface area contributed by atoms with Crippen LogP contribution < -0.4 is 4.74 Å². The van der Waals surface area contributed by atoms with E-state index in [4.69, 9.17) is 9.72 Å². The van der Waals surface area contributed by atoms with Crippen LogP contribution in [0.3, 0.4) is 0 Å². The van der Waals surface area contributed by atoms with Gasteiger partial charge in [0.1, 0.15) is 0 Å². The Hall–Kier alpha value is -3.00. The van der Waals surface area contributed by atoms with E-state index < -0.39 is 0 Å². The Bertz CT molecular complexity index is 1180. The van der Waals surface area contributed by atoms with Gasteiger partial charge in [-0.15, -0.1) is 0 Å². The van der Waals surface area contributed by atoms with Crippen molar-refractivity contribution in [2.75, 3.05) is 33.3 Å². The average Bonchev–Trinajstić information content (AvgIpc) is 3.60. The van der Waals surface area contributed by atoms with Crippen LogP contribution in [-0.4, -0.2) is 63.8 Å². The minimum Gasteiger partial charge on any atom is -0.494 e. The zero-order chi connectivity index (χ0) is 22.4. The fraction of sp³-hybridized carbons (Fsp3) is 0.458. The summed E-state index contributed by atoms with van der Waals surface area (Å²) in [5.74, 6) is 0.413. The molecule has 0 radical (unpaired) electrons. The van der Waals surface area contributed by atoms with E-state index in [9.17, 15) is 9.18 Å². The zero-order valence-electron chi connectivity index (χ0n) is 18.8. The number of hydrogen-bond acceptors (Lipinski definition) is 5. The van der Waals surface area contributed by atoms with Gasteiger partial charge in [0.15, 0.2) is 17.2 Å². The maximum absolute atomic E-state index is 14.0. The van der Waals surface area contributed by atoms with E-state index in [1.165, 1.54) is 13.2 Å². The standard InChI is InChI=1S/C24H28FN5O2/c1-15-22-18(13-20(17-5-6-17)26-23(22)28(2)27-15)24(31)30-10-8-29(9-11-30)14-16-4-7-21(32-3)19(25)12-16/h4,7,12-13,17H,5-6,8-11,14H2,1-3H3. The first-order valence-electron chi connectivity index (χ1n) is 11.1. The molecule has 2 aliphatic rings. The highest BCUT2D eigenvalue weighted by Gasteiger charge is 2.30. The molecule has 0 N–H and O–H groups in total. The highest BCUT2D eigenvalue weighted by atomic mass is 19.1. The number of hydrogen-bond donors (Lipinski definition) is 0. The van der Waals surface area contributed by atoms with E-state index in [1.54, 1.807) is 10.7 Å². The molecule has 1 amide bonds. The number of aryl methyl sites for hydroxylation is 2. The number of halogens is 1. The van der Waals surface area contributed by atoms with E-state index >= 15 is 0 Å². The van der Waals surface area contributed by atoms with Crippen molar-refractivity contribution in [3.05, 3.63) is 52.6 Å². The Morgan fingerprint density at radius 2 is 1.94 bits per heavy atom. The molecule has 8 heteroatoms. The lowest BCUT2D eigenvalue weighted by atomic mass is 10.1. The molecule has 3 heterocycles. The van der Waals surface area contributed by atoms with Gasteiger partial charge in [-0.25, -0.2) is 9.37 Å². The van der Waals surface area contributed by atoms with E-state index in [0.29, 0.717) is 31.1 Å². The van der Waals surface area contributed by atoms with Crippen LogP contribution >= 0.6 is 0 Å². The van der Waals surface area contributed by atoms with Gasteiger partial charge in [0.05, 0.1) is 23.8 Å². The van der Waals surface area contributed by atoms with Gasteiger partial charge in [-0.05, 0) is 43.5 Å². The molecular weight excluding hydrogens is 409 g/mol. The molecule has 0 bridgehead atoms. The third-order valence-corrected chi connectivity index (χ3v) is 6.50. The molecule has 5 rings (SSSR count). The number of aromatic nitrogens is 3. The minimum absolute atomic E-state index is 0.0468. The topological polar surface area (TPSA) is 63.5 Å². The van der Waals surface area contributed by atoms with Gasteiger partial charge in [-0.2, -0.15) is 5.10 Å². The van der Waals surface area contributed by atoms with Crippen molar-refractivity contribution < 1.29 is 13.9 Å². The summed E-state index contributed by atoms with van der Waals surface area (Å²) in [6.45, 7) is 5.35. The molecule has 168 valence electrons. The number of nitrogens with zero attached hydrogens (tertiary/aromatic N) is 5. The fourth-order valence-corrected chi connectivity index (χ4v) is 4.57. The maximum Gasteiger partial charge on any atom is 0.254 e. The summed E-state index contributed by atoms with van der Waals surface area (Å²) in [6.07, 6.45) is 2.27. The quantitative estimate of drug-likeness (QED) is 0.613. The van der Waals surface area contributed by atoms with Gasteiger partial charge in [-0.1, -0.05) is 6.07 Å². The molecule has 1 saturated heterocycles. The lowest BCUT2D eigenvalue weighted by molar-refractivity contribution is 0.0630. The van der Waals surface area contributed by atoms with E-state index in [1.807, 2.05) is 31.0 Å². The minimum atomic E-state index is -0.348. The van der Waals surface area contributed by atoms with Crippen molar-refractivity contribution in [2.45, 2.75) is 32.2 Å². The molecule has 1 aliphatic heterocycles. The number of carbonyl (C=O) groups excluding carboxylic acids is 1. The van der Waals surface area contributed by atoms with Crippen LogP contribution in [0.15, 0.2) is 24.3 Å². The van der Waals surface area contributed by atoms with Crippen LogP contribution in [0.5, 0.6) is 5.75 Å². The molecule has 1 aromatic carbocycles. The van der Waals surface area contributed by atoms with Crippen molar-refractivity contribution in [3.8, 4) is 5.75 Å². The normalized spacial score (nSPS) is 17.2. The van der Waals surface area contributed by atoms with Crippen LogP contribution in [-0.2, 0) is 13.6 Å². The molecule has 7 nitrogen and oxygen atoms in total. The number of fused-ring (bicyclic) bond motifs is 1. The van der Waals surface area contributed by atoms with Crippen molar-refractivity contribution in [1.82, 2.24) is 24.6 Å². The summed E-state index contributed by atoms with van der Waals surface area (Å²) in [5, 5.41) is 5.37. The molecule has 1 aliphatic carbocycles. The Morgan fingerprint density at radius 1 is 1.19 bits per heavy atom. The van der Waals surface area contributed by atoms with Crippen LogP contribution in [0.25, 0.3) is 11.0 Å². The molecule has 2 aromatic heterocycles. The van der Waals surface area contributed by atoms with Crippen LogP contribution in [0.4, 0.5) is 4.39 Å². The number of amides is 1. The number of pyridine rings is 1. The lowest BCUT2D eigenvalue weighted by Crippen LogP contribution is -2.48. The number of benzene rings is 1. The molecule has 0 atom stereocenters. The molecule has 0 unspecified atom stereocenters. The van der Waals surface area contributed by atoms with Crippen molar-refractivity contribution >= 4 is 16.9 Å². The second kappa shape index (κ2) is 8.16.